The molecule has 0 aliphatic heterocycles. The van der Waals surface area contributed by atoms with Gasteiger partial charge in [0.1, 0.15) is 12.8 Å². The second kappa shape index (κ2) is 10.4. The molecule has 0 radical (unpaired) electrons. The van der Waals surface area contributed by atoms with E-state index in [-0.39, 0.29) is 56.0 Å². The summed E-state index contributed by atoms with van der Waals surface area (Å²) < 4.78 is 43.6. The van der Waals surface area contributed by atoms with Gasteiger partial charge in [-0.2, -0.15) is 0 Å². The number of hydrogen-bond acceptors (Lipinski definition) is 7. The largest absolute Gasteiger partial charge is 0.459 e. The minimum absolute atomic E-state index is 0.0283. The van der Waals surface area contributed by atoms with Crippen molar-refractivity contribution < 1.29 is 42.4 Å². The summed E-state index contributed by atoms with van der Waals surface area (Å²) >= 11 is 2.00. The van der Waals surface area contributed by atoms with Crippen molar-refractivity contribution in [3.05, 3.63) is 48.0 Å². The number of fused-ring (bicyclic) bond motifs is 5. The molecular formula is C27H31F2INO7P. The molecule has 0 spiro atoms. The number of amides is 1. The molecule has 1 aromatic rings. The summed E-state index contributed by atoms with van der Waals surface area (Å²) in [6, 6.07) is 2.92. The van der Waals surface area contributed by atoms with Crippen LogP contribution in [0.5, 0.6) is 0 Å². The SMILES string of the molecule is C[C@]12C[C@H](O)[C@@]3(F)C(C[C@H](F)C4=CC(=O)C=C[C@@]43C)C1C[C@@H](CN(O)C(=O)c1ccco1)[C@@H]2C(=O)COPI. The Kier molecular flexibility index (Phi) is 7.72. The van der Waals surface area contributed by atoms with E-state index < -0.39 is 64.1 Å². The van der Waals surface area contributed by atoms with Gasteiger partial charge in [0.2, 0.25) is 0 Å². The first-order chi connectivity index (χ1) is 18.4. The molecule has 212 valence electrons. The summed E-state index contributed by atoms with van der Waals surface area (Å²) in [6.07, 6.45) is 1.79. The van der Waals surface area contributed by atoms with Crippen LogP contribution in [-0.2, 0) is 14.1 Å². The number of furan rings is 1. The van der Waals surface area contributed by atoms with Gasteiger partial charge in [-0.25, -0.2) is 13.8 Å². The van der Waals surface area contributed by atoms with Crippen molar-refractivity contribution in [3.63, 3.8) is 0 Å². The highest BCUT2D eigenvalue weighted by Gasteiger charge is 2.73. The fourth-order valence-corrected chi connectivity index (χ4v) is 8.88. The lowest BCUT2D eigenvalue weighted by atomic mass is 9.45. The highest BCUT2D eigenvalue weighted by molar-refractivity contribution is 14.2. The van der Waals surface area contributed by atoms with Gasteiger partial charge in [-0.3, -0.25) is 19.6 Å². The summed E-state index contributed by atoms with van der Waals surface area (Å²) in [6.45, 7) is 2.93. The lowest BCUT2D eigenvalue weighted by Gasteiger charge is -2.62. The number of rotatable bonds is 7. The van der Waals surface area contributed by atoms with E-state index in [0.29, 0.717) is 5.06 Å². The van der Waals surface area contributed by atoms with Gasteiger partial charge in [-0.1, -0.05) is 13.0 Å². The number of carbonyl (C=O) groups is 3. The molecule has 3 unspecified atom stereocenters. The summed E-state index contributed by atoms with van der Waals surface area (Å²) in [7, 11) is 0. The van der Waals surface area contributed by atoms with Crippen LogP contribution in [0, 0.1) is 34.5 Å². The molecule has 0 bridgehead atoms. The van der Waals surface area contributed by atoms with E-state index in [2.05, 4.69) is 0 Å². The van der Waals surface area contributed by atoms with Gasteiger partial charge in [0.15, 0.2) is 23.0 Å². The number of hydroxylamine groups is 2. The number of ketones is 2. The fraction of sp³-hybridized carbons (Fsp3) is 0.593. The molecule has 1 heterocycles. The zero-order valence-corrected chi connectivity index (χ0v) is 24.6. The predicted molar refractivity (Wildman–Crippen MR) is 146 cm³/mol. The number of aliphatic hydroxyl groups is 1. The molecule has 1 aromatic heterocycles. The number of aliphatic hydroxyl groups excluding tert-OH is 1. The van der Waals surface area contributed by atoms with Crippen LogP contribution < -0.4 is 0 Å². The molecule has 5 rings (SSSR count). The maximum atomic E-state index is 17.4. The van der Waals surface area contributed by atoms with Crippen LogP contribution in [0.25, 0.3) is 0 Å². The summed E-state index contributed by atoms with van der Waals surface area (Å²) in [4.78, 5) is 38.3. The van der Waals surface area contributed by atoms with Crippen LogP contribution >= 0.6 is 28.5 Å². The maximum absolute atomic E-state index is 17.4. The lowest BCUT2D eigenvalue weighted by molar-refractivity contribution is -0.202. The van der Waals surface area contributed by atoms with Crippen molar-refractivity contribution in [3.8, 4) is 0 Å². The Morgan fingerprint density at radius 2 is 2.05 bits per heavy atom. The number of alkyl halides is 2. The molecule has 3 saturated carbocycles. The van der Waals surface area contributed by atoms with Crippen LogP contribution in [0.1, 0.15) is 43.7 Å². The molecule has 12 heteroatoms. The number of hydrogen-bond donors (Lipinski definition) is 2. The molecule has 2 N–H and O–H groups in total. The van der Waals surface area contributed by atoms with Gasteiger partial charge in [0, 0.05) is 17.3 Å². The van der Waals surface area contributed by atoms with E-state index in [4.69, 9.17) is 8.94 Å². The van der Waals surface area contributed by atoms with Crippen molar-refractivity contribution >= 4 is 46.0 Å². The number of carbonyl (C=O) groups excluding carboxylic acids is 3. The van der Waals surface area contributed by atoms with Crippen molar-refractivity contribution in [1.82, 2.24) is 5.06 Å². The Hall–Kier alpha value is -1.53. The maximum Gasteiger partial charge on any atom is 0.312 e. The van der Waals surface area contributed by atoms with Crippen LogP contribution in [0.4, 0.5) is 8.78 Å². The zero-order valence-electron chi connectivity index (χ0n) is 21.5. The molecule has 1 amide bonds. The first kappa shape index (κ1) is 29.0. The molecule has 8 nitrogen and oxygen atoms in total. The monoisotopic (exact) mass is 677 g/mol. The van der Waals surface area contributed by atoms with E-state index in [1.165, 1.54) is 37.5 Å². The number of nitrogens with zero attached hydrogens (tertiary/aromatic N) is 1. The fourth-order valence-electron chi connectivity index (χ4n) is 8.22. The van der Waals surface area contributed by atoms with Gasteiger partial charge in [0.05, 0.1) is 25.4 Å². The van der Waals surface area contributed by atoms with E-state index in [1.54, 1.807) is 0 Å². The third kappa shape index (κ3) is 4.38. The predicted octanol–water partition coefficient (Wildman–Crippen LogP) is 4.80. The smallest absolute Gasteiger partial charge is 0.312 e. The molecule has 39 heavy (non-hydrogen) atoms. The van der Waals surface area contributed by atoms with Crippen molar-refractivity contribution in [2.75, 3.05) is 13.2 Å². The van der Waals surface area contributed by atoms with E-state index in [1.807, 2.05) is 29.0 Å². The minimum atomic E-state index is -2.28. The van der Waals surface area contributed by atoms with Gasteiger partial charge in [0.25, 0.3) is 0 Å². The van der Waals surface area contributed by atoms with Crippen LogP contribution in [-0.4, -0.2) is 63.9 Å². The Bertz CT molecular complexity index is 1230. The average molecular weight is 677 g/mol. The summed E-state index contributed by atoms with van der Waals surface area (Å²) in [5.74, 6) is -4.44. The zero-order chi connectivity index (χ0) is 28.3. The normalized spacial score (nSPS) is 41.2. The first-order valence-corrected chi connectivity index (χ1v) is 16.9. The molecule has 0 aromatic carbocycles. The molecule has 4 aliphatic rings. The van der Waals surface area contributed by atoms with Crippen molar-refractivity contribution in [2.24, 2.45) is 34.5 Å². The highest BCUT2D eigenvalue weighted by Crippen LogP contribution is 2.70. The van der Waals surface area contributed by atoms with E-state index in [0.717, 1.165) is 6.08 Å². The Labute approximate surface area is 239 Å². The quantitative estimate of drug-likeness (QED) is 0.184. The van der Waals surface area contributed by atoms with Crippen LogP contribution in [0.15, 0.2) is 46.6 Å². The minimum Gasteiger partial charge on any atom is -0.459 e. The lowest BCUT2D eigenvalue weighted by Crippen LogP contribution is -2.68. The summed E-state index contributed by atoms with van der Waals surface area (Å²) in [5, 5.41) is 22.7. The Balaban J connectivity index is 1.53. The third-order valence-electron chi connectivity index (χ3n) is 9.79. The number of Topliss-reactive ketones (excluding diaryl/α,β-unsaturated/α-hetero) is 1. The third-order valence-corrected chi connectivity index (χ3v) is 11.0. The van der Waals surface area contributed by atoms with E-state index in [9.17, 15) is 24.7 Å². The van der Waals surface area contributed by atoms with Gasteiger partial charge in [-0.05, 0) is 95.3 Å². The molecule has 3 fully saturated rings. The molecule has 4 aliphatic carbocycles. The molecule has 10 atom stereocenters. The van der Waals surface area contributed by atoms with E-state index >= 15 is 8.78 Å². The Morgan fingerprint density at radius 3 is 2.72 bits per heavy atom. The molecule has 0 saturated heterocycles. The summed E-state index contributed by atoms with van der Waals surface area (Å²) in [5.41, 5.74) is -4.74. The second-order valence-electron chi connectivity index (χ2n) is 11.6. The van der Waals surface area contributed by atoms with Crippen molar-refractivity contribution in [1.29, 1.82) is 0 Å². The number of allylic oxidation sites excluding steroid dienone is 4. The number of halogens is 3. The van der Waals surface area contributed by atoms with Gasteiger partial charge < -0.3 is 14.0 Å². The highest BCUT2D eigenvalue weighted by atomic mass is 127. The van der Waals surface area contributed by atoms with Crippen LogP contribution in [0.3, 0.4) is 0 Å². The standard InChI is InChI=1S/C27H31F2INO7P/c1-25-11-22(34)27(29)17(10-19(28)18-9-15(32)5-6-26(18,27)2)16(25)8-14(23(25)20(33)13-38-39-30)12-31(36)24(35)21-4-3-7-37-21/h3-7,9,14,16-17,19,22-23,34,36,39H,8,10-13H2,1-2H3/t14-,16?,17?,19-,22-,23+,25-,26-,27-/m0/s1. The van der Waals surface area contributed by atoms with Crippen LogP contribution in [0.2, 0.25) is 0 Å². The molecular weight excluding hydrogens is 646 g/mol. The Morgan fingerprint density at radius 1 is 1.31 bits per heavy atom. The van der Waals surface area contributed by atoms with Crippen molar-refractivity contribution in [2.45, 2.75) is 51.1 Å². The first-order valence-electron chi connectivity index (χ1n) is 12.9. The average Bonchev–Trinajstić information content (AvgIpc) is 3.52. The second-order valence-corrected chi connectivity index (χ2v) is 13.4. The topological polar surface area (TPSA) is 117 Å². The van der Waals surface area contributed by atoms with Gasteiger partial charge >= 0.3 is 5.91 Å². The van der Waals surface area contributed by atoms with Gasteiger partial charge in [-0.15, -0.1) is 0 Å².